The van der Waals surface area contributed by atoms with Crippen molar-refractivity contribution in [2.45, 2.75) is 13.5 Å². The molecular weight excluding hydrogens is 309 g/mol. The van der Waals surface area contributed by atoms with Gasteiger partial charge in [-0.2, -0.15) is 0 Å². The summed E-state index contributed by atoms with van der Waals surface area (Å²) >= 11 is 3.41. The Labute approximate surface area is 120 Å². The van der Waals surface area contributed by atoms with Crippen LogP contribution in [0.4, 0.5) is 4.39 Å². The second kappa shape index (κ2) is 6.17. The lowest BCUT2D eigenvalue weighted by Gasteiger charge is -2.13. The van der Waals surface area contributed by atoms with Crippen molar-refractivity contribution in [1.82, 2.24) is 5.32 Å². The van der Waals surface area contributed by atoms with E-state index in [4.69, 9.17) is 4.74 Å². The molecule has 2 nitrogen and oxygen atoms in total. The van der Waals surface area contributed by atoms with E-state index in [0.717, 1.165) is 15.8 Å². The summed E-state index contributed by atoms with van der Waals surface area (Å²) in [5.41, 5.74) is 1.53. The van der Waals surface area contributed by atoms with Gasteiger partial charge in [0.05, 0.1) is 0 Å². The summed E-state index contributed by atoms with van der Waals surface area (Å²) < 4.78 is 20.6. The molecule has 0 saturated carbocycles. The van der Waals surface area contributed by atoms with E-state index in [1.807, 2.05) is 25.1 Å². The molecule has 2 aromatic carbocycles. The first-order chi connectivity index (χ1) is 9.11. The standard InChI is InChI=1S/C15H15BrFNO/c1-10-8-11(16)6-7-14(10)19-15-5-3-4-13(17)12(15)9-18-2/h3-8,18H,9H2,1-2H3. The van der Waals surface area contributed by atoms with Crippen LogP contribution in [0.15, 0.2) is 40.9 Å². The number of ether oxygens (including phenoxy) is 1. The molecule has 0 aliphatic carbocycles. The number of aryl methyl sites for hydroxylation is 1. The van der Waals surface area contributed by atoms with Crippen molar-refractivity contribution in [2.24, 2.45) is 0 Å². The smallest absolute Gasteiger partial charge is 0.134 e. The third-order valence-electron chi connectivity index (χ3n) is 2.79. The van der Waals surface area contributed by atoms with Gasteiger partial charge in [-0.3, -0.25) is 0 Å². The Hall–Kier alpha value is -1.39. The highest BCUT2D eigenvalue weighted by Gasteiger charge is 2.10. The van der Waals surface area contributed by atoms with Crippen LogP contribution in [0.3, 0.4) is 0 Å². The quantitative estimate of drug-likeness (QED) is 0.899. The summed E-state index contributed by atoms with van der Waals surface area (Å²) in [5.74, 6) is 1.01. The van der Waals surface area contributed by atoms with Gasteiger partial charge in [-0.25, -0.2) is 4.39 Å². The molecule has 0 unspecified atom stereocenters. The van der Waals surface area contributed by atoms with Crippen molar-refractivity contribution < 1.29 is 9.13 Å². The van der Waals surface area contributed by atoms with Crippen LogP contribution >= 0.6 is 15.9 Å². The normalized spacial score (nSPS) is 10.5. The molecule has 4 heteroatoms. The molecule has 0 heterocycles. The van der Waals surface area contributed by atoms with Crippen LogP contribution in [0.1, 0.15) is 11.1 Å². The maximum absolute atomic E-state index is 13.8. The molecule has 0 aliphatic rings. The second-order valence-electron chi connectivity index (χ2n) is 4.26. The van der Waals surface area contributed by atoms with Gasteiger partial charge in [0.1, 0.15) is 17.3 Å². The van der Waals surface area contributed by atoms with Gasteiger partial charge in [-0.05, 0) is 49.9 Å². The van der Waals surface area contributed by atoms with E-state index in [9.17, 15) is 4.39 Å². The SMILES string of the molecule is CNCc1c(F)cccc1Oc1ccc(Br)cc1C. The average molecular weight is 324 g/mol. The minimum atomic E-state index is -0.262. The molecule has 2 rings (SSSR count). The zero-order valence-electron chi connectivity index (χ0n) is 10.8. The lowest BCUT2D eigenvalue weighted by atomic mass is 10.1. The highest BCUT2D eigenvalue weighted by Crippen LogP contribution is 2.30. The van der Waals surface area contributed by atoms with E-state index in [2.05, 4.69) is 21.2 Å². The lowest BCUT2D eigenvalue weighted by molar-refractivity contribution is 0.461. The first-order valence-electron chi connectivity index (χ1n) is 5.98. The zero-order valence-corrected chi connectivity index (χ0v) is 12.4. The number of hydrogen-bond donors (Lipinski definition) is 1. The van der Waals surface area contributed by atoms with Gasteiger partial charge < -0.3 is 10.1 Å². The molecule has 0 amide bonds. The van der Waals surface area contributed by atoms with E-state index in [-0.39, 0.29) is 5.82 Å². The summed E-state index contributed by atoms with van der Waals surface area (Å²) in [4.78, 5) is 0. The zero-order chi connectivity index (χ0) is 13.8. The fraction of sp³-hybridized carbons (Fsp3) is 0.200. The summed E-state index contributed by atoms with van der Waals surface area (Å²) in [5, 5.41) is 2.95. The molecule has 0 aliphatic heterocycles. The average Bonchev–Trinajstić information content (AvgIpc) is 2.37. The molecule has 0 radical (unpaired) electrons. The monoisotopic (exact) mass is 323 g/mol. The number of rotatable bonds is 4. The minimum Gasteiger partial charge on any atom is -0.457 e. The van der Waals surface area contributed by atoms with Crippen LogP contribution in [0, 0.1) is 12.7 Å². The van der Waals surface area contributed by atoms with E-state index in [1.165, 1.54) is 6.07 Å². The number of benzene rings is 2. The van der Waals surface area contributed by atoms with Gasteiger partial charge in [0, 0.05) is 16.6 Å². The molecule has 0 bridgehead atoms. The predicted octanol–water partition coefficient (Wildman–Crippen LogP) is 4.41. The van der Waals surface area contributed by atoms with E-state index in [1.54, 1.807) is 19.2 Å². The lowest BCUT2D eigenvalue weighted by Crippen LogP contribution is -2.08. The first-order valence-corrected chi connectivity index (χ1v) is 6.77. The fourth-order valence-corrected chi connectivity index (χ4v) is 2.30. The Kier molecular flexibility index (Phi) is 4.56. The molecule has 0 aromatic heterocycles. The number of nitrogens with one attached hydrogen (secondary N) is 1. The molecule has 0 fully saturated rings. The van der Waals surface area contributed by atoms with Gasteiger partial charge in [0.25, 0.3) is 0 Å². The van der Waals surface area contributed by atoms with Crippen LogP contribution in [-0.4, -0.2) is 7.05 Å². The van der Waals surface area contributed by atoms with Crippen LogP contribution in [0.25, 0.3) is 0 Å². The fourth-order valence-electron chi connectivity index (χ4n) is 1.83. The van der Waals surface area contributed by atoms with Crippen molar-refractivity contribution >= 4 is 15.9 Å². The molecule has 100 valence electrons. The van der Waals surface area contributed by atoms with Gasteiger partial charge in [0.15, 0.2) is 0 Å². The molecular formula is C15H15BrFNO. The third kappa shape index (κ3) is 3.33. The molecule has 0 spiro atoms. The van der Waals surface area contributed by atoms with E-state index >= 15 is 0 Å². The van der Waals surface area contributed by atoms with Crippen LogP contribution in [0.5, 0.6) is 11.5 Å². The van der Waals surface area contributed by atoms with E-state index in [0.29, 0.717) is 17.9 Å². The minimum absolute atomic E-state index is 0.262. The first kappa shape index (κ1) is 14.0. The van der Waals surface area contributed by atoms with Crippen molar-refractivity contribution in [3.05, 3.63) is 57.8 Å². The van der Waals surface area contributed by atoms with Crippen molar-refractivity contribution in [3.63, 3.8) is 0 Å². The van der Waals surface area contributed by atoms with Crippen LogP contribution in [-0.2, 0) is 6.54 Å². The summed E-state index contributed by atoms with van der Waals surface area (Å²) in [6.07, 6.45) is 0. The Bertz CT molecular complexity index is 586. The van der Waals surface area contributed by atoms with Gasteiger partial charge in [-0.15, -0.1) is 0 Å². The van der Waals surface area contributed by atoms with Crippen LogP contribution in [0.2, 0.25) is 0 Å². The van der Waals surface area contributed by atoms with Crippen molar-refractivity contribution in [2.75, 3.05) is 7.05 Å². The Morgan fingerprint density at radius 2 is 2.00 bits per heavy atom. The largest absolute Gasteiger partial charge is 0.457 e. The highest BCUT2D eigenvalue weighted by molar-refractivity contribution is 9.10. The third-order valence-corrected chi connectivity index (χ3v) is 3.28. The second-order valence-corrected chi connectivity index (χ2v) is 5.17. The Morgan fingerprint density at radius 1 is 1.21 bits per heavy atom. The molecule has 1 N–H and O–H groups in total. The maximum Gasteiger partial charge on any atom is 0.134 e. The molecule has 2 aromatic rings. The topological polar surface area (TPSA) is 21.3 Å². The molecule has 0 atom stereocenters. The van der Waals surface area contributed by atoms with Gasteiger partial charge in [0.2, 0.25) is 0 Å². The maximum atomic E-state index is 13.8. The van der Waals surface area contributed by atoms with Crippen LogP contribution < -0.4 is 10.1 Å². The molecule has 0 saturated heterocycles. The highest BCUT2D eigenvalue weighted by atomic mass is 79.9. The van der Waals surface area contributed by atoms with Gasteiger partial charge >= 0.3 is 0 Å². The summed E-state index contributed by atoms with van der Waals surface area (Å²) in [6.45, 7) is 2.38. The van der Waals surface area contributed by atoms with Gasteiger partial charge in [-0.1, -0.05) is 22.0 Å². The predicted molar refractivity (Wildman–Crippen MR) is 78.1 cm³/mol. The summed E-state index contributed by atoms with van der Waals surface area (Å²) in [7, 11) is 1.78. The number of halogens is 2. The molecule has 19 heavy (non-hydrogen) atoms. The summed E-state index contributed by atoms with van der Waals surface area (Å²) in [6, 6.07) is 10.6. The Balaban J connectivity index is 2.35. The van der Waals surface area contributed by atoms with Crippen molar-refractivity contribution in [3.8, 4) is 11.5 Å². The van der Waals surface area contributed by atoms with E-state index < -0.39 is 0 Å². The number of hydrogen-bond acceptors (Lipinski definition) is 2. The Morgan fingerprint density at radius 3 is 2.68 bits per heavy atom. The van der Waals surface area contributed by atoms with Crippen molar-refractivity contribution in [1.29, 1.82) is 0 Å².